The van der Waals surface area contributed by atoms with Crippen LogP contribution in [0.4, 0.5) is 0 Å². The molecule has 0 aliphatic carbocycles. The fourth-order valence-electron chi connectivity index (χ4n) is 2.06. The molecule has 3 N–H and O–H groups in total. The maximum atomic E-state index is 12.3. The van der Waals surface area contributed by atoms with Gasteiger partial charge in [-0.1, -0.05) is 33.0 Å². The van der Waals surface area contributed by atoms with Crippen LogP contribution in [0.15, 0.2) is 0 Å². The van der Waals surface area contributed by atoms with Crippen molar-refractivity contribution in [1.82, 2.24) is 10.2 Å². The Morgan fingerprint density at radius 3 is 2.30 bits per heavy atom. The standard InChI is InChI=1S/C15H31N3OS/c1-6-15(5,13(16)20)14(19)17-12(4)10-9-11-18(7-2)8-3/h12H,6-11H2,1-5H3,(H2,16,20)(H,17,19). The lowest BCUT2D eigenvalue weighted by Crippen LogP contribution is -2.49. The van der Waals surface area contributed by atoms with Crippen molar-refractivity contribution in [1.29, 1.82) is 0 Å². The molecule has 0 spiro atoms. The summed E-state index contributed by atoms with van der Waals surface area (Å²) in [5.41, 5.74) is 4.96. The van der Waals surface area contributed by atoms with Gasteiger partial charge in [0.15, 0.2) is 0 Å². The summed E-state index contributed by atoms with van der Waals surface area (Å²) in [5, 5.41) is 3.04. The third-order valence-corrected chi connectivity index (χ3v) is 4.59. The molecular formula is C15H31N3OS. The van der Waals surface area contributed by atoms with Gasteiger partial charge in [0.1, 0.15) is 0 Å². The minimum absolute atomic E-state index is 0.0529. The van der Waals surface area contributed by atoms with Crippen molar-refractivity contribution in [2.24, 2.45) is 11.1 Å². The number of hydrogen-bond donors (Lipinski definition) is 2. The van der Waals surface area contributed by atoms with Crippen molar-refractivity contribution < 1.29 is 4.79 Å². The largest absolute Gasteiger partial charge is 0.392 e. The minimum atomic E-state index is -0.734. The van der Waals surface area contributed by atoms with Crippen LogP contribution in [0.2, 0.25) is 0 Å². The van der Waals surface area contributed by atoms with Gasteiger partial charge < -0.3 is 16.0 Å². The van der Waals surface area contributed by atoms with Gasteiger partial charge in [-0.05, 0) is 52.7 Å². The molecule has 0 aromatic heterocycles. The van der Waals surface area contributed by atoms with E-state index in [1.54, 1.807) is 0 Å². The Kier molecular flexibility index (Phi) is 8.98. The van der Waals surface area contributed by atoms with Crippen LogP contribution in [0, 0.1) is 5.41 Å². The summed E-state index contributed by atoms with van der Waals surface area (Å²) in [6.07, 6.45) is 2.68. The topological polar surface area (TPSA) is 58.4 Å². The summed E-state index contributed by atoms with van der Waals surface area (Å²) in [6.45, 7) is 13.4. The smallest absolute Gasteiger partial charge is 0.232 e. The van der Waals surface area contributed by atoms with E-state index in [4.69, 9.17) is 18.0 Å². The molecule has 0 aromatic rings. The van der Waals surface area contributed by atoms with Crippen molar-refractivity contribution >= 4 is 23.1 Å². The number of carbonyl (C=O) groups is 1. The Morgan fingerprint density at radius 2 is 1.90 bits per heavy atom. The van der Waals surface area contributed by atoms with E-state index in [1.165, 1.54) is 0 Å². The highest BCUT2D eigenvalue weighted by Gasteiger charge is 2.34. The number of amides is 1. The molecule has 0 heterocycles. The molecule has 5 heteroatoms. The molecule has 0 rings (SSSR count). The highest BCUT2D eigenvalue weighted by atomic mass is 32.1. The van der Waals surface area contributed by atoms with E-state index < -0.39 is 5.41 Å². The van der Waals surface area contributed by atoms with Crippen LogP contribution < -0.4 is 11.1 Å². The van der Waals surface area contributed by atoms with Crippen LogP contribution in [0.3, 0.4) is 0 Å². The zero-order valence-corrected chi connectivity index (χ0v) is 14.5. The molecule has 0 radical (unpaired) electrons. The second kappa shape index (κ2) is 9.29. The van der Waals surface area contributed by atoms with Gasteiger partial charge in [-0.2, -0.15) is 0 Å². The summed E-state index contributed by atoms with van der Waals surface area (Å²) in [4.78, 5) is 14.9. The van der Waals surface area contributed by atoms with Crippen LogP contribution in [-0.4, -0.2) is 41.5 Å². The summed E-state index contributed by atoms with van der Waals surface area (Å²) in [5.74, 6) is -0.0529. The number of thiocarbonyl (C=S) groups is 1. The van der Waals surface area contributed by atoms with E-state index >= 15 is 0 Å². The Bertz CT molecular complexity index is 318. The summed E-state index contributed by atoms with van der Waals surface area (Å²) < 4.78 is 0. The van der Waals surface area contributed by atoms with Crippen LogP contribution in [-0.2, 0) is 4.79 Å². The first kappa shape index (κ1) is 19.3. The molecular weight excluding hydrogens is 270 g/mol. The average Bonchev–Trinajstić information content (AvgIpc) is 2.42. The van der Waals surface area contributed by atoms with Gasteiger partial charge in [-0.15, -0.1) is 0 Å². The van der Waals surface area contributed by atoms with Crippen molar-refractivity contribution in [3.63, 3.8) is 0 Å². The van der Waals surface area contributed by atoms with Gasteiger partial charge in [0.25, 0.3) is 0 Å². The molecule has 0 saturated carbocycles. The zero-order valence-electron chi connectivity index (χ0n) is 13.7. The summed E-state index contributed by atoms with van der Waals surface area (Å²) in [6, 6.07) is 0.151. The predicted molar refractivity (Wildman–Crippen MR) is 89.8 cm³/mol. The molecule has 0 bridgehead atoms. The molecule has 118 valence electrons. The molecule has 0 fully saturated rings. The highest BCUT2D eigenvalue weighted by Crippen LogP contribution is 2.22. The Morgan fingerprint density at radius 1 is 1.35 bits per heavy atom. The van der Waals surface area contributed by atoms with Crippen molar-refractivity contribution in [3.8, 4) is 0 Å². The van der Waals surface area contributed by atoms with E-state index in [2.05, 4.69) is 24.1 Å². The van der Waals surface area contributed by atoms with Crippen LogP contribution in [0.25, 0.3) is 0 Å². The quantitative estimate of drug-likeness (QED) is 0.608. The first-order valence-corrected chi connectivity index (χ1v) is 8.05. The Balaban J connectivity index is 4.23. The van der Waals surface area contributed by atoms with Gasteiger partial charge in [-0.3, -0.25) is 4.79 Å². The third-order valence-electron chi connectivity index (χ3n) is 4.14. The first-order valence-electron chi connectivity index (χ1n) is 7.64. The molecule has 4 nitrogen and oxygen atoms in total. The van der Waals surface area contributed by atoms with Crippen molar-refractivity contribution in [2.45, 2.75) is 59.9 Å². The second-order valence-corrected chi connectivity index (χ2v) is 6.03. The van der Waals surface area contributed by atoms with Crippen LogP contribution in [0.1, 0.15) is 53.9 Å². The third kappa shape index (κ3) is 5.75. The molecule has 0 aliphatic rings. The number of rotatable bonds is 10. The molecule has 2 unspecified atom stereocenters. The Labute approximate surface area is 129 Å². The first-order chi connectivity index (χ1) is 9.31. The van der Waals surface area contributed by atoms with Gasteiger partial charge in [0.2, 0.25) is 5.91 Å². The molecule has 0 aliphatic heterocycles. The number of carbonyl (C=O) groups excluding carboxylic acids is 1. The molecule has 2 atom stereocenters. The molecule has 0 saturated heterocycles. The fourth-order valence-corrected chi connectivity index (χ4v) is 2.30. The molecule has 0 aromatic carbocycles. The van der Waals surface area contributed by atoms with Crippen molar-refractivity contribution in [3.05, 3.63) is 0 Å². The monoisotopic (exact) mass is 301 g/mol. The van der Waals surface area contributed by atoms with E-state index in [-0.39, 0.29) is 16.9 Å². The van der Waals surface area contributed by atoms with Gasteiger partial charge in [0.05, 0.1) is 10.4 Å². The summed E-state index contributed by atoms with van der Waals surface area (Å²) >= 11 is 5.02. The SMILES string of the molecule is CCN(CC)CCCC(C)NC(=O)C(C)(CC)C(N)=S. The maximum Gasteiger partial charge on any atom is 0.232 e. The van der Waals surface area contributed by atoms with Gasteiger partial charge in [0, 0.05) is 6.04 Å². The van der Waals surface area contributed by atoms with Crippen LogP contribution in [0.5, 0.6) is 0 Å². The minimum Gasteiger partial charge on any atom is -0.392 e. The normalized spacial score (nSPS) is 15.7. The highest BCUT2D eigenvalue weighted by molar-refractivity contribution is 7.80. The van der Waals surface area contributed by atoms with E-state index in [9.17, 15) is 4.79 Å². The lowest BCUT2D eigenvalue weighted by atomic mass is 9.86. The van der Waals surface area contributed by atoms with Crippen LogP contribution >= 0.6 is 12.2 Å². The molecule has 1 amide bonds. The Hall–Kier alpha value is -0.680. The number of nitrogens with zero attached hydrogens (tertiary/aromatic N) is 1. The molecule has 20 heavy (non-hydrogen) atoms. The maximum absolute atomic E-state index is 12.3. The predicted octanol–water partition coefficient (Wildman–Crippen LogP) is 2.32. The van der Waals surface area contributed by atoms with E-state index in [0.717, 1.165) is 32.5 Å². The fraction of sp³-hybridized carbons (Fsp3) is 0.867. The number of nitrogens with two attached hydrogens (primary N) is 1. The number of hydrogen-bond acceptors (Lipinski definition) is 3. The average molecular weight is 302 g/mol. The van der Waals surface area contributed by atoms with E-state index in [0.29, 0.717) is 6.42 Å². The number of nitrogens with one attached hydrogen (secondary N) is 1. The van der Waals surface area contributed by atoms with Gasteiger partial charge >= 0.3 is 0 Å². The van der Waals surface area contributed by atoms with Gasteiger partial charge in [-0.25, -0.2) is 0 Å². The lowest BCUT2D eigenvalue weighted by Gasteiger charge is -2.28. The van der Waals surface area contributed by atoms with E-state index in [1.807, 2.05) is 20.8 Å². The summed E-state index contributed by atoms with van der Waals surface area (Å²) in [7, 11) is 0. The van der Waals surface area contributed by atoms with Crippen molar-refractivity contribution in [2.75, 3.05) is 19.6 Å². The zero-order chi connectivity index (χ0) is 15.8. The second-order valence-electron chi connectivity index (χ2n) is 5.59. The lowest BCUT2D eigenvalue weighted by molar-refractivity contribution is -0.127.